The number of rotatable bonds is 6. The lowest BCUT2D eigenvalue weighted by molar-refractivity contribution is -0.134. The quantitative estimate of drug-likeness (QED) is 0.404. The molecule has 2 nitrogen and oxygen atoms in total. The molecular weight excluding hydrogens is 188 g/mol. The van der Waals surface area contributed by atoms with Gasteiger partial charge in [-0.3, -0.25) is 4.79 Å². The lowest BCUT2D eigenvalue weighted by Crippen LogP contribution is -2.07. The van der Waals surface area contributed by atoms with E-state index in [-0.39, 0.29) is 5.97 Å². The third-order valence-electron chi connectivity index (χ3n) is 2.15. The first-order chi connectivity index (χ1) is 7.33. The summed E-state index contributed by atoms with van der Waals surface area (Å²) < 4.78 is 5.14. The highest BCUT2D eigenvalue weighted by atomic mass is 16.5. The molecule has 0 atom stereocenters. The fraction of sp³-hybridized carbons (Fsp3) is 0.462. The number of esters is 1. The maximum atomic E-state index is 11.3. The minimum atomic E-state index is -0.141. The molecule has 0 aliphatic rings. The Balaban J connectivity index is 2.19. The Morgan fingerprint density at radius 1 is 1.27 bits per heavy atom. The number of hydrogen-bond acceptors (Lipinski definition) is 2. The molecule has 0 unspecified atom stereocenters. The van der Waals surface area contributed by atoms with Crippen molar-refractivity contribution in [3.05, 3.63) is 30.3 Å². The molecule has 0 bridgehead atoms. The van der Waals surface area contributed by atoms with Crippen LogP contribution in [0.3, 0.4) is 0 Å². The second-order valence-corrected chi connectivity index (χ2v) is 3.52. The van der Waals surface area contributed by atoms with Crippen molar-refractivity contribution in [3.63, 3.8) is 0 Å². The van der Waals surface area contributed by atoms with Crippen molar-refractivity contribution in [1.29, 1.82) is 0 Å². The van der Waals surface area contributed by atoms with E-state index in [9.17, 15) is 4.79 Å². The molecule has 0 amide bonds. The molecule has 0 N–H and O–H groups in total. The molecule has 15 heavy (non-hydrogen) atoms. The highest BCUT2D eigenvalue weighted by molar-refractivity contribution is 5.72. The number of carbonyl (C=O) groups is 1. The molecule has 0 heterocycles. The summed E-state index contributed by atoms with van der Waals surface area (Å²) in [5.74, 6) is 0.464. The van der Waals surface area contributed by atoms with E-state index >= 15 is 0 Å². The van der Waals surface area contributed by atoms with Gasteiger partial charge in [0.15, 0.2) is 0 Å². The fourth-order valence-corrected chi connectivity index (χ4v) is 1.32. The van der Waals surface area contributed by atoms with Gasteiger partial charge in [-0.25, -0.2) is 0 Å². The zero-order valence-electron chi connectivity index (χ0n) is 9.16. The lowest BCUT2D eigenvalue weighted by atomic mass is 10.1. The first kappa shape index (κ1) is 11.8. The predicted molar refractivity (Wildman–Crippen MR) is 59.7 cm³/mol. The normalized spacial score (nSPS) is 9.93. The maximum absolute atomic E-state index is 11.3. The fourth-order valence-electron chi connectivity index (χ4n) is 1.32. The highest BCUT2D eigenvalue weighted by Gasteiger charge is 2.03. The van der Waals surface area contributed by atoms with E-state index in [2.05, 4.69) is 13.0 Å². The van der Waals surface area contributed by atoms with Crippen LogP contribution in [-0.2, 0) is 4.79 Å². The number of carbonyl (C=O) groups excluding carboxylic acids is 1. The van der Waals surface area contributed by atoms with Gasteiger partial charge in [0.05, 0.1) is 0 Å². The van der Waals surface area contributed by atoms with Crippen molar-refractivity contribution >= 4 is 5.97 Å². The summed E-state index contributed by atoms with van der Waals surface area (Å²) in [5.41, 5.74) is 0. The molecule has 0 saturated carbocycles. The van der Waals surface area contributed by atoms with Gasteiger partial charge in [-0.05, 0) is 24.6 Å². The van der Waals surface area contributed by atoms with E-state index in [1.54, 1.807) is 24.3 Å². The second kappa shape index (κ2) is 7.04. The monoisotopic (exact) mass is 205 g/mol. The number of ether oxygens (including phenoxy) is 1. The summed E-state index contributed by atoms with van der Waals surface area (Å²) in [6.45, 7) is 2.15. The van der Waals surface area contributed by atoms with Gasteiger partial charge in [0, 0.05) is 6.42 Å². The zero-order valence-corrected chi connectivity index (χ0v) is 9.16. The molecular formula is C13H17O2. The van der Waals surface area contributed by atoms with Gasteiger partial charge in [0.1, 0.15) is 5.75 Å². The third-order valence-corrected chi connectivity index (χ3v) is 2.15. The zero-order chi connectivity index (χ0) is 10.9. The van der Waals surface area contributed by atoms with Gasteiger partial charge in [-0.1, -0.05) is 38.3 Å². The summed E-state index contributed by atoms with van der Waals surface area (Å²) in [5, 5.41) is 0. The van der Waals surface area contributed by atoms with E-state index in [4.69, 9.17) is 4.74 Å². The summed E-state index contributed by atoms with van der Waals surface area (Å²) in [7, 11) is 0. The van der Waals surface area contributed by atoms with E-state index in [0.29, 0.717) is 12.2 Å². The number of hydrogen-bond donors (Lipinski definition) is 0. The molecule has 0 fully saturated rings. The van der Waals surface area contributed by atoms with Gasteiger partial charge in [-0.15, -0.1) is 0 Å². The van der Waals surface area contributed by atoms with E-state index in [1.807, 2.05) is 0 Å². The van der Waals surface area contributed by atoms with Crippen LogP contribution < -0.4 is 4.74 Å². The van der Waals surface area contributed by atoms with Crippen LogP contribution >= 0.6 is 0 Å². The Kier molecular flexibility index (Phi) is 5.52. The van der Waals surface area contributed by atoms with Gasteiger partial charge in [-0.2, -0.15) is 0 Å². The van der Waals surface area contributed by atoms with Crippen molar-refractivity contribution in [3.8, 4) is 5.75 Å². The summed E-state index contributed by atoms with van der Waals surface area (Å²) in [4.78, 5) is 11.3. The molecule has 0 aromatic heterocycles. The van der Waals surface area contributed by atoms with Crippen LogP contribution in [0.1, 0.15) is 39.0 Å². The Hall–Kier alpha value is -1.31. The summed E-state index contributed by atoms with van der Waals surface area (Å²) in [6.07, 6.45) is 4.91. The number of unbranched alkanes of at least 4 members (excludes halogenated alkanes) is 3. The Morgan fingerprint density at radius 2 is 2.00 bits per heavy atom. The Morgan fingerprint density at radius 3 is 2.67 bits per heavy atom. The van der Waals surface area contributed by atoms with Crippen molar-refractivity contribution in [2.75, 3.05) is 0 Å². The Labute approximate surface area is 91.3 Å². The molecule has 0 aliphatic heterocycles. The molecule has 1 aromatic carbocycles. The van der Waals surface area contributed by atoms with E-state index in [0.717, 1.165) is 12.8 Å². The number of benzene rings is 1. The summed E-state index contributed by atoms with van der Waals surface area (Å²) in [6, 6.07) is 9.83. The summed E-state index contributed by atoms with van der Waals surface area (Å²) >= 11 is 0. The molecule has 0 spiro atoms. The topological polar surface area (TPSA) is 26.3 Å². The van der Waals surface area contributed by atoms with Gasteiger partial charge in [0.25, 0.3) is 0 Å². The van der Waals surface area contributed by atoms with Crippen LogP contribution in [0.4, 0.5) is 0 Å². The smallest absolute Gasteiger partial charge is 0.311 e. The maximum Gasteiger partial charge on any atom is 0.311 e. The van der Waals surface area contributed by atoms with Gasteiger partial charge < -0.3 is 4.74 Å². The molecule has 1 rings (SSSR count). The van der Waals surface area contributed by atoms with E-state index in [1.165, 1.54) is 12.8 Å². The molecule has 1 aromatic rings. The predicted octanol–water partition coefficient (Wildman–Crippen LogP) is 3.36. The molecule has 81 valence electrons. The second-order valence-electron chi connectivity index (χ2n) is 3.52. The average Bonchev–Trinajstić information content (AvgIpc) is 2.26. The lowest BCUT2D eigenvalue weighted by Gasteiger charge is -2.03. The van der Waals surface area contributed by atoms with Gasteiger partial charge in [0.2, 0.25) is 0 Å². The first-order valence-electron chi connectivity index (χ1n) is 5.49. The van der Waals surface area contributed by atoms with Gasteiger partial charge >= 0.3 is 5.97 Å². The highest BCUT2D eigenvalue weighted by Crippen LogP contribution is 2.10. The average molecular weight is 205 g/mol. The largest absolute Gasteiger partial charge is 0.427 e. The van der Waals surface area contributed by atoms with Crippen LogP contribution in [0.2, 0.25) is 0 Å². The minimum Gasteiger partial charge on any atom is -0.427 e. The first-order valence-corrected chi connectivity index (χ1v) is 5.49. The molecule has 0 aliphatic carbocycles. The molecule has 2 heteroatoms. The van der Waals surface area contributed by atoms with Crippen molar-refractivity contribution in [2.24, 2.45) is 0 Å². The minimum absolute atomic E-state index is 0.141. The van der Waals surface area contributed by atoms with Crippen LogP contribution in [-0.4, -0.2) is 5.97 Å². The van der Waals surface area contributed by atoms with Crippen LogP contribution in [0.25, 0.3) is 0 Å². The molecule has 1 radical (unpaired) electrons. The van der Waals surface area contributed by atoms with Crippen LogP contribution in [0, 0.1) is 6.07 Å². The van der Waals surface area contributed by atoms with Crippen molar-refractivity contribution in [2.45, 2.75) is 39.0 Å². The van der Waals surface area contributed by atoms with Crippen molar-refractivity contribution in [1.82, 2.24) is 0 Å². The standard InChI is InChI=1S/C13H17O2/c1-2-3-4-8-11-13(14)15-12-9-6-5-7-10-12/h6-7,9-10H,2-4,8,11H2,1H3. The Bertz CT molecular complexity index is 280. The third kappa shape index (κ3) is 5.21. The molecule has 0 saturated heterocycles. The van der Waals surface area contributed by atoms with E-state index < -0.39 is 0 Å². The SMILES string of the molecule is CCCCCCC(=O)Oc1cc[c]cc1. The van der Waals surface area contributed by atoms with Crippen LogP contribution in [0.5, 0.6) is 5.75 Å². The van der Waals surface area contributed by atoms with Crippen LogP contribution in [0.15, 0.2) is 24.3 Å². The van der Waals surface area contributed by atoms with Crippen molar-refractivity contribution < 1.29 is 9.53 Å².